The van der Waals surface area contributed by atoms with Crippen LogP contribution in [0.1, 0.15) is 0 Å². The fraction of sp³-hybridized carbons (Fsp3) is 0. The molecule has 0 amide bonds. The summed E-state index contributed by atoms with van der Waals surface area (Å²) in [7, 11) is -2.17. The first-order chi connectivity index (χ1) is 1.73. The zero-order valence-electron chi connectivity index (χ0n) is 2.50. The molecule has 3 N–H and O–H groups in total. The predicted octanol–water partition coefficient (Wildman–Crippen LogP) is -2.97. The van der Waals surface area contributed by atoms with Gasteiger partial charge in [0.15, 0.2) is 0 Å². The van der Waals surface area contributed by atoms with Crippen LogP contribution in [0, 0.1) is 0 Å². The third kappa shape index (κ3) is 40.9. The Bertz CT molecular complexity index is 15.5. The van der Waals surface area contributed by atoms with Crippen molar-refractivity contribution in [3.8, 4) is 0 Å². The summed E-state index contributed by atoms with van der Waals surface area (Å²) in [6.45, 7) is 0. The summed E-state index contributed by atoms with van der Waals surface area (Å²) in [5.74, 6) is 0. The molecule has 0 aliphatic heterocycles. The zero-order valence-corrected chi connectivity index (χ0v) is 5.33. The van der Waals surface area contributed by atoms with Crippen LogP contribution < -0.4 is 0 Å². The molecule has 0 aromatic rings. The van der Waals surface area contributed by atoms with E-state index in [9.17, 15) is 0 Å². The van der Waals surface area contributed by atoms with Gasteiger partial charge >= 0.3 is 30.4 Å². The molecule has 0 rings (SSSR count). The van der Waals surface area contributed by atoms with E-state index in [1.54, 1.807) is 0 Å². The van der Waals surface area contributed by atoms with Gasteiger partial charge in [-0.05, 0) is 0 Å². The standard InChI is InChI=1S/BH3O3.Mg.Y.2H/c2-1(3)4;;;;/h2-4H;;;;. The Morgan fingerprint density at radius 3 is 1.00 bits per heavy atom. The third-order valence-corrected chi connectivity index (χ3v) is 0. The summed E-state index contributed by atoms with van der Waals surface area (Å²) >= 11 is 0. The van der Waals surface area contributed by atoms with Crippen molar-refractivity contribution in [2.75, 3.05) is 0 Å². The number of hydrogen-bond donors (Lipinski definition) is 3. The molecule has 0 unspecified atom stereocenters. The Morgan fingerprint density at radius 2 is 1.00 bits per heavy atom. The summed E-state index contributed by atoms with van der Waals surface area (Å²) in [4.78, 5) is 0. The summed E-state index contributed by atoms with van der Waals surface area (Å²) in [6.07, 6.45) is 0. The first-order valence-electron chi connectivity index (χ1n) is 0.775. The summed E-state index contributed by atoms with van der Waals surface area (Å²) < 4.78 is 0. The molecule has 31 valence electrons. The van der Waals surface area contributed by atoms with Crippen molar-refractivity contribution in [1.29, 1.82) is 0 Å². The van der Waals surface area contributed by atoms with E-state index in [1.807, 2.05) is 0 Å². The van der Waals surface area contributed by atoms with E-state index in [4.69, 9.17) is 15.1 Å². The molecule has 0 spiro atoms. The summed E-state index contributed by atoms with van der Waals surface area (Å²) in [5, 5.41) is 21.5. The number of rotatable bonds is 0. The molecule has 0 heterocycles. The topological polar surface area (TPSA) is 60.7 Å². The van der Waals surface area contributed by atoms with E-state index in [2.05, 4.69) is 0 Å². The summed E-state index contributed by atoms with van der Waals surface area (Å²) in [5.41, 5.74) is 0. The maximum absolute atomic E-state index is 7.17. The third-order valence-electron chi connectivity index (χ3n) is 0. The second kappa shape index (κ2) is 9.94. The smallest absolute Gasteiger partial charge is 0.402 e. The summed E-state index contributed by atoms with van der Waals surface area (Å²) in [6, 6.07) is 0. The van der Waals surface area contributed by atoms with Gasteiger partial charge in [0.2, 0.25) is 0 Å². The van der Waals surface area contributed by atoms with Crippen LogP contribution in [0.4, 0.5) is 0 Å². The fourth-order valence-corrected chi connectivity index (χ4v) is 0. The van der Waals surface area contributed by atoms with E-state index in [0.717, 1.165) is 0 Å². The van der Waals surface area contributed by atoms with Crippen LogP contribution in [-0.2, 0) is 32.7 Å². The molecule has 0 saturated heterocycles. The maximum Gasteiger partial charge on any atom is 0.631 e. The minimum atomic E-state index is -2.17. The van der Waals surface area contributed by atoms with E-state index < -0.39 is 7.32 Å². The van der Waals surface area contributed by atoms with Gasteiger partial charge in [0.1, 0.15) is 0 Å². The van der Waals surface area contributed by atoms with Gasteiger partial charge in [-0.1, -0.05) is 0 Å². The molecule has 0 aliphatic rings. The Kier molecular flexibility index (Phi) is 25.9. The molecule has 3 nitrogen and oxygen atoms in total. The van der Waals surface area contributed by atoms with Crippen molar-refractivity contribution in [2.24, 2.45) is 0 Å². The monoisotopic (exact) mass is 177 g/mol. The zero-order chi connectivity index (χ0) is 3.58. The Morgan fingerprint density at radius 1 is 1.00 bits per heavy atom. The molecule has 0 atom stereocenters. The van der Waals surface area contributed by atoms with E-state index >= 15 is 0 Å². The average Bonchev–Trinajstić information content (AvgIpc) is 0.811. The van der Waals surface area contributed by atoms with Crippen LogP contribution in [0.5, 0.6) is 0 Å². The van der Waals surface area contributed by atoms with Crippen LogP contribution in [0.15, 0.2) is 0 Å². The molecular weight excluding hydrogens is 172 g/mol. The predicted molar refractivity (Wildman–Crippen MR) is 21.0 cm³/mol. The van der Waals surface area contributed by atoms with Crippen LogP contribution in [0.2, 0.25) is 0 Å². The normalized spacial score (nSPS) is 4.50. The quantitative estimate of drug-likeness (QED) is 0.346. The Balaban J connectivity index is -0.0000000450. The van der Waals surface area contributed by atoms with Gasteiger partial charge in [0, 0.05) is 32.7 Å². The van der Waals surface area contributed by atoms with Gasteiger partial charge in [-0.2, -0.15) is 0 Å². The average molecular weight is 177 g/mol. The number of hydrogen-bond acceptors (Lipinski definition) is 3. The van der Waals surface area contributed by atoms with Crippen molar-refractivity contribution in [1.82, 2.24) is 0 Å². The first kappa shape index (κ1) is 15.7. The van der Waals surface area contributed by atoms with Gasteiger partial charge in [-0.3, -0.25) is 0 Å². The molecule has 1 radical (unpaired) electrons. The fourth-order valence-electron chi connectivity index (χ4n) is 0. The molecule has 0 fully saturated rings. The molecule has 6 heteroatoms. The van der Waals surface area contributed by atoms with Crippen molar-refractivity contribution in [3.05, 3.63) is 0 Å². The van der Waals surface area contributed by atoms with E-state index in [0.29, 0.717) is 0 Å². The van der Waals surface area contributed by atoms with E-state index in [1.165, 1.54) is 0 Å². The van der Waals surface area contributed by atoms with Crippen LogP contribution in [0.25, 0.3) is 0 Å². The molecule has 0 aromatic carbocycles. The van der Waals surface area contributed by atoms with Crippen LogP contribution >= 0.6 is 0 Å². The van der Waals surface area contributed by atoms with Crippen molar-refractivity contribution in [3.63, 3.8) is 0 Å². The first-order valence-corrected chi connectivity index (χ1v) is 0.775. The van der Waals surface area contributed by atoms with Gasteiger partial charge in [0.25, 0.3) is 0 Å². The van der Waals surface area contributed by atoms with Crippen LogP contribution in [-0.4, -0.2) is 45.4 Å². The Hall–Kier alpha value is 1.82. The minimum Gasteiger partial charge on any atom is -0.402 e. The second-order valence-corrected chi connectivity index (χ2v) is 0.346. The SMILES string of the molecule is OB(O)O.[MgH2].[Y]. The van der Waals surface area contributed by atoms with Crippen molar-refractivity contribution >= 4 is 30.4 Å². The van der Waals surface area contributed by atoms with Gasteiger partial charge < -0.3 is 15.1 Å². The largest absolute Gasteiger partial charge is 0.631 e. The van der Waals surface area contributed by atoms with Gasteiger partial charge in [-0.15, -0.1) is 0 Å². The molecular formula is H5BMgO3Y. The molecule has 0 aliphatic carbocycles. The molecule has 0 aromatic heterocycles. The van der Waals surface area contributed by atoms with Crippen LogP contribution in [0.3, 0.4) is 0 Å². The van der Waals surface area contributed by atoms with Gasteiger partial charge in [0.05, 0.1) is 0 Å². The molecule has 6 heavy (non-hydrogen) atoms. The van der Waals surface area contributed by atoms with E-state index in [-0.39, 0.29) is 55.8 Å². The van der Waals surface area contributed by atoms with Crippen molar-refractivity contribution < 1.29 is 47.8 Å². The second-order valence-electron chi connectivity index (χ2n) is 0.346. The molecule has 0 bridgehead atoms. The Labute approximate surface area is 77.3 Å². The van der Waals surface area contributed by atoms with Crippen molar-refractivity contribution in [2.45, 2.75) is 0 Å². The molecule has 0 saturated carbocycles. The van der Waals surface area contributed by atoms with Gasteiger partial charge in [-0.25, -0.2) is 0 Å². The minimum absolute atomic E-state index is 0. The maximum atomic E-state index is 7.17.